The first-order valence-corrected chi connectivity index (χ1v) is 5.11. The van der Waals surface area contributed by atoms with Gasteiger partial charge in [0.1, 0.15) is 0 Å². The molecule has 13 heavy (non-hydrogen) atoms. The number of nitrogens with zero attached hydrogens (tertiary/aromatic N) is 2. The molecule has 2 nitrogen and oxygen atoms in total. The Labute approximate surface area is 79.5 Å². The Kier molecular flexibility index (Phi) is 2.42. The van der Waals surface area contributed by atoms with Gasteiger partial charge in [0.25, 0.3) is 0 Å². The average Bonchev–Trinajstić information content (AvgIpc) is 2.62. The van der Waals surface area contributed by atoms with Crippen molar-refractivity contribution < 1.29 is 0 Å². The molecule has 0 aliphatic carbocycles. The van der Waals surface area contributed by atoms with Gasteiger partial charge in [-0.1, -0.05) is 29.8 Å². The quantitative estimate of drug-likeness (QED) is 0.662. The van der Waals surface area contributed by atoms with E-state index in [9.17, 15) is 0 Å². The molecule has 1 unspecified atom stereocenters. The second-order valence-electron chi connectivity index (χ2n) is 2.95. The van der Waals surface area contributed by atoms with Crippen LogP contribution in [-0.2, 0) is 0 Å². The molecule has 0 saturated heterocycles. The van der Waals surface area contributed by atoms with Gasteiger partial charge in [0.15, 0.2) is 0 Å². The van der Waals surface area contributed by atoms with Crippen LogP contribution >= 0.6 is 8.73 Å². The molecule has 0 amide bonds. The Morgan fingerprint density at radius 1 is 1.23 bits per heavy atom. The SMILES string of the molecule is Cc1ccc(Pn2ccnc2)cc1. The second-order valence-corrected chi connectivity index (χ2v) is 4.27. The molecule has 0 fully saturated rings. The van der Waals surface area contributed by atoms with Crippen molar-refractivity contribution >= 4 is 14.0 Å². The van der Waals surface area contributed by atoms with Crippen molar-refractivity contribution in [1.82, 2.24) is 9.32 Å². The van der Waals surface area contributed by atoms with Crippen molar-refractivity contribution in [2.45, 2.75) is 6.92 Å². The van der Waals surface area contributed by atoms with Gasteiger partial charge >= 0.3 is 0 Å². The maximum atomic E-state index is 4.01. The van der Waals surface area contributed by atoms with E-state index in [1.54, 1.807) is 6.20 Å². The van der Waals surface area contributed by atoms with E-state index in [1.165, 1.54) is 10.9 Å². The molecule has 0 bridgehead atoms. The van der Waals surface area contributed by atoms with Gasteiger partial charge in [-0.3, -0.25) is 0 Å². The van der Waals surface area contributed by atoms with Gasteiger partial charge in [0.05, 0.1) is 6.33 Å². The van der Waals surface area contributed by atoms with Gasteiger partial charge in [-0.25, -0.2) is 4.98 Å². The van der Waals surface area contributed by atoms with Crippen molar-refractivity contribution in [3.8, 4) is 0 Å². The molecule has 0 N–H and O–H groups in total. The molecular formula is C10H11N2P. The summed E-state index contributed by atoms with van der Waals surface area (Å²) >= 11 is 0. The minimum absolute atomic E-state index is 0.652. The average molecular weight is 190 g/mol. The highest BCUT2D eigenvalue weighted by Crippen LogP contribution is 2.12. The molecule has 2 rings (SSSR count). The summed E-state index contributed by atoms with van der Waals surface area (Å²) in [5, 5.41) is 1.34. The third-order valence-electron chi connectivity index (χ3n) is 1.81. The van der Waals surface area contributed by atoms with Crippen LogP contribution in [-0.4, -0.2) is 9.32 Å². The van der Waals surface area contributed by atoms with Crippen molar-refractivity contribution in [2.24, 2.45) is 0 Å². The number of hydrogen-bond donors (Lipinski definition) is 0. The molecule has 1 aromatic heterocycles. The molecule has 2 aromatic rings. The Morgan fingerprint density at radius 2 is 2.00 bits per heavy atom. The summed E-state index contributed by atoms with van der Waals surface area (Å²) in [7, 11) is 0.652. The van der Waals surface area contributed by atoms with Gasteiger partial charge < -0.3 is 4.34 Å². The molecule has 66 valence electrons. The van der Waals surface area contributed by atoms with E-state index in [1.807, 2.05) is 12.5 Å². The van der Waals surface area contributed by atoms with Crippen LogP contribution in [0.3, 0.4) is 0 Å². The number of benzene rings is 1. The molecule has 1 aromatic carbocycles. The second kappa shape index (κ2) is 3.71. The first kappa shape index (κ1) is 8.46. The monoisotopic (exact) mass is 190 g/mol. The van der Waals surface area contributed by atoms with Crippen LogP contribution in [0.1, 0.15) is 5.56 Å². The number of aromatic nitrogens is 2. The highest BCUT2D eigenvalue weighted by Gasteiger charge is 1.93. The van der Waals surface area contributed by atoms with Crippen molar-refractivity contribution in [3.05, 3.63) is 48.5 Å². The minimum Gasteiger partial charge on any atom is -0.314 e. The van der Waals surface area contributed by atoms with E-state index in [4.69, 9.17) is 0 Å². The first-order valence-electron chi connectivity index (χ1n) is 4.16. The van der Waals surface area contributed by atoms with Crippen LogP contribution in [0.2, 0.25) is 0 Å². The van der Waals surface area contributed by atoms with Crippen LogP contribution in [0.4, 0.5) is 0 Å². The topological polar surface area (TPSA) is 17.8 Å². The zero-order valence-electron chi connectivity index (χ0n) is 7.44. The molecule has 0 spiro atoms. The fraction of sp³-hybridized carbons (Fsp3) is 0.100. The van der Waals surface area contributed by atoms with E-state index in [2.05, 4.69) is 40.5 Å². The normalized spacial score (nSPS) is 11.2. The summed E-state index contributed by atoms with van der Waals surface area (Å²) in [6.07, 6.45) is 5.64. The number of rotatable bonds is 2. The standard InChI is InChI=1S/C10H11N2P/c1-9-2-4-10(5-3-9)13-12-7-6-11-8-12/h2-8,13H,1H3. The van der Waals surface area contributed by atoms with Crippen molar-refractivity contribution in [1.29, 1.82) is 0 Å². The van der Waals surface area contributed by atoms with E-state index in [0.717, 1.165) is 0 Å². The zero-order chi connectivity index (χ0) is 9.10. The number of hydrogen-bond acceptors (Lipinski definition) is 1. The van der Waals surface area contributed by atoms with E-state index < -0.39 is 0 Å². The van der Waals surface area contributed by atoms with Gasteiger partial charge in [-0.05, 0) is 12.2 Å². The summed E-state index contributed by atoms with van der Waals surface area (Å²) < 4.78 is 2.09. The lowest BCUT2D eigenvalue weighted by molar-refractivity contribution is 1.23. The summed E-state index contributed by atoms with van der Waals surface area (Å²) in [5.41, 5.74) is 1.30. The molecule has 1 atom stereocenters. The lowest BCUT2D eigenvalue weighted by Gasteiger charge is -2.01. The molecule has 0 radical (unpaired) electrons. The summed E-state index contributed by atoms with van der Waals surface area (Å²) in [4.78, 5) is 4.01. The molecule has 0 aliphatic heterocycles. The summed E-state index contributed by atoms with van der Waals surface area (Å²) in [6.45, 7) is 2.10. The molecular weight excluding hydrogens is 179 g/mol. The molecule has 0 aliphatic rings. The Balaban J connectivity index is 2.15. The maximum absolute atomic E-state index is 4.01. The van der Waals surface area contributed by atoms with Gasteiger partial charge in [0, 0.05) is 21.1 Å². The fourth-order valence-electron chi connectivity index (χ4n) is 1.10. The Hall–Kier alpha value is -1.14. The molecule has 3 heteroatoms. The summed E-state index contributed by atoms with van der Waals surface area (Å²) in [6, 6.07) is 8.60. The van der Waals surface area contributed by atoms with Crippen LogP contribution in [0.25, 0.3) is 0 Å². The first-order chi connectivity index (χ1) is 6.34. The molecule has 1 heterocycles. The summed E-state index contributed by atoms with van der Waals surface area (Å²) in [5.74, 6) is 0. The maximum Gasteiger partial charge on any atom is 0.0980 e. The fourth-order valence-corrected chi connectivity index (χ4v) is 1.98. The minimum atomic E-state index is 0.652. The van der Waals surface area contributed by atoms with Crippen molar-refractivity contribution in [2.75, 3.05) is 0 Å². The van der Waals surface area contributed by atoms with E-state index in [0.29, 0.717) is 8.73 Å². The largest absolute Gasteiger partial charge is 0.314 e. The Morgan fingerprint density at radius 3 is 2.62 bits per heavy atom. The van der Waals surface area contributed by atoms with Gasteiger partial charge in [-0.2, -0.15) is 0 Å². The lowest BCUT2D eigenvalue weighted by atomic mass is 10.2. The van der Waals surface area contributed by atoms with Gasteiger partial charge in [0.2, 0.25) is 0 Å². The van der Waals surface area contributed by atoms with Crippen LogP contribution in [0.5, 0.6) is 0 Å². The molecule has 0 saturated carbocycles. The van der Waals surface area contributed by atoms with E-state index in [-0.39, 0.29) is 0 Å². The predicted octanol–water partition coefficient (Wildman–Crippen LogP) is 1.96. The van der Waals surface area contributed by atoms with E-state index >= 15 is 0 Å². The van der Waals surface area contributed by atoms with Crippen LogP contribution in [0.15, 0.2) is 43.0 Å². The third-order valence-corrected chi connectivity index (χ3v) is 2.93. The van der Waals surface area contributed by atoms with Crippen LogP contribution in [0, 0.1) is 6.92 Å². The zero-order valence-corrected chi connectivity index (χ0v) is 8.44. The highest BCUT2D eigenvalue weighted by molar-refractivity contribution is 7.45. The van der Waals surface area contributed by atoms with Crippen molar-refractivity contribution in [3.63, 3.8) is 0 Å². The number of imidazole rings is 1. The number of aryl methyl sites for hydroxylation is 1. The lowest BCUT2D eigenvalue weighted by Crippen LogP contribution is -1.96. The van der Waals surface area contributed by atoms with Gasteiger partial charge in [-0.15, -0.1) is 0 Å². The Bertz CT molecular complexity index is 364. The predicted molar refractivity (Wildman–Crippen MR) is 56.8 cm³/mol. The third kappa shape index (κ3) is 2.16. The smallest absolute Gasteiger partial charge is 0.0980 e. The highest BCUT2D eigenvalue weighted by atomic mass is 31.1. The van der Waals surface area contributed by atoms with Crippen LogP contribution < -0.4 is 5.30 Å².